The molecule has 2 atom stereocenters. The van der Waals surface area contributed by atoms with Gasteiger partial charge in [0.15, 0.2) is 0 Å². The van der Waals surface area contributed by atoms with Crippen molar-refractivity contribution in [2.75, 3.05) is 27.2 Å². The molecular weight excluding hydrogens is 283 g/mol. The number of carbonyl (C=O) groups excluding carboxylic acids is 1. The average Bonchev–Trinajstić information content (AvgIpc) is 3.15. The van der Waals surface area contributed by atoms with Crippen molar-refractivity contribution in [3.8, 4) is 0 Å². The van der Waals surface area contributed by atoms with Crippen molar-refractivity contribution >= 4 is 29.9 Å². The highest BCUT2D eigenvalue weighted by Gasteiger charge is 2.45. The Balaban J connectivity index is 0.00000180. The highest BCUT2D eigenvalue weighted by atomic mass is 35.5. The maximum absolute atomic E-state index is 12.1. The van der Waals surface area contributed by atoms with Crippen LogP contribution in [0.2, 0.25) is 5.02 Å². The number of nitrogens with one attached hydrogen (secondary N) is 1. The largest absolute Gasteiger partial charge is 0.344 e. The Kier molecular flexibility index (Phi) is 6.11. The molecule has 0 aromatic heterocycles. The van der Waals surface area contributed by atoms with Gasteiger partial charge >= 0.3 is 0 Å². The molecule has 5 heteroatoms. The maximum Gasteiger partial charge on any atom is 0.226 e. The number of likely N-dealkylation sites (N-methyl/N-ethyl adjacent to an activating group) is 2. The number of nitrogens with zero attached hydrogens (tertiary/aromatic N) is 1. The van der Waals surface area contributed by atoms with Crippen molar-refractivity contribution in [1.29, 1.82) is 0 Å². The number of hydrogen-bond acceptors (Lipinski definition) is 2. The third kappa shape index (κ3) is 4.10. The van der Waals surface area contributed by atoms with E-state index in [1.165, 1.54) is 5.56 Å². The second-order valence-electron chi connectivity index (χ2n) is 4.87. The lowest BCUT2D eigenvalue weighted by Gasteiger charge is -2.16. The highest BCUT2D eigenvalue weighted by Crippen LogP contribution is 2.48. The maximum atomic E-state index is 12.1. The van der Waals surface area contributed by atoms with E-state index in [-0.39, 0.29) is 24.2 Å². The number of hydrogen-bond donors (Lipinski definition) is 1. The van der Waals surface area contributed by atoms with Gasteiger partial charge in [-0.1, -0.05) is 23.7 Å². The number of halogens is 2. The van der Waals surface area contributed by atoms with Crippen LogP contribution >= 0.6 is 24.0 Å². The predicted molar refractivity (Wildman–Crippen MR) is 81.1 cm³/mol. The number of benzene rings is 1. The van der Waals surface area contributed by atoms with Crippen LogP contribution in [-0.4, -0.2) is 38.0 Å². The lowest BCUT2D eigenvalue weighted by Crippen LogP contribution is -2.34. The van der Waals surface area contributed by atoms with Crippen LogP contribution in [0.5, 0.6) is 0 Å². The molecule has 1 N–H and O–H groups in total. The van der Waals surface area contributed by atoms with E-state index in [1.807, 2.05) is 37.2 Å². The number of rotatable bonds is 5. The van der Waals surface area contributed by atoms with Gasteiger partial charge in [0.1, 0.15) is 0 Å². The fourth-order valence-corrected chi connectivity index (χ4v) is 2.45. The molecular formula is C14H20Cl2N2O. The fraction of sp³-hybridized carbons (Fsp3) is 0.500. The van der Waals surface area contributed by atoms with Crippen molar-refractivity contribution in [3.05, 3.63) is 34.9 Å². The minimum absolute atomic E-state index is 0. The summed E-state index contributed by atoms with van der Waals surface area (Å²) in [5.74, 6) is 0.744. The van der Waals surface area contributed by atoms with Gasteiger partial charge < -0.3 is 10.2 Å². The van der Waals surface area contributed by atoms with Gasteiger partial charge in [-0.15, -0.1) is 12.4 Å². The minimum Gasteiger partial charge on any atom is -0.344 e. The Morgan fingerprint density at radius 2 is 2.26 bits per heavy atom. The molecule has 0 bridgehead atoms. The van der Waals surface area contributed by atoms with Crippen molar-refractivity contribution in [2.24, 2.45) is 5.92 Å². The molecule has 106 valence electrons. The summed E-state index contributed by atoms with van der Waals surface area (Å²) in [6.45, 7) is 1.59. The smallest absolute Gasteiger partial charge is 0.226 e. The molecule has 1 aromatic rings. The van der Waals surface area contributed by atoms with E-state index in [0.717, 1.165) is 24.5 Å². The van der Waals surface area contributed by atoms with Gasteiger partial charge in [0, 0.05) is 31.1 Å². The van der Waals surface area contributed by atoms with Crippen LogP contribution in [0.3, 0.4) is 0 Å². The summed E-state index contributed by atoms with van der Waals surface area (Å²) in [4.78, 5) is 14.0. The standard InChI is InChI=1S/C14H19ClN2O.ClH/c1-16-6-7-17(2)14(18)13-9-12(13)10-4-3-5-11(15)8-10;/h3-5,8,12-13,16H,6-7,9H2,1-2H3;1H. The van der Waals surface area contributed by atoms with Crippen molar-refractivity contribution in [1.82, 2.24) is 10.2 Å². The molecule has 1 fully saturated rings. The first-order valence-electron chi connectivity index (χ1n) is 6.28. The Bertz CT molecular complexity index is 439. The third-order valence-corrected chi connectivity index (χ3v) is 3.69. The first-order chi connectivity index (χ1) is 8.63. The summed E-state index contributed by atoms with van der Waals surface area (Å²) >= 11 is 5.97. The van der Waals surface area contributed by atoms with Crippen LogP contribution in [-0.2, 0) is 4.79 Å². The van der Waals surface area contributed by atoms with Gasteiger partial charge in [-0.25, -0.2) is 0 Å². The van der Waals surface area contributed by atoms with E-state index in [9.17, 15) is 4.79 Å². The average molecular weight is 303 g/mol. The van der Waals surface area contributed by atoms with Crippen molar-refractivity contribution in [3.63, 3.8) is 0 Å². The molecule has 0 heterocycles. The number of amides is 1. The molecule has 1 aliphatic carbocycles. The molecule has 19 heavy (non-hydrogen) atoms. The summed E-state index contributed by atoms with van der Waals surface area (Å²) < 4.78 is 0. The molecule has 3 nitrogen and oxygen atoms in total. The van der Waals surface area contributed by atoms with E-state index < -0.39 is 0 Å². The van der Waals surface area contributed by atoms with Gasteiger partial charge in [0.2, 0.25) is 5.91 Å². The van der Waals surface area contributed by atoms with E-state index >= 15 is 0 Å². The lowest BCUT2D eigenvalue weighted by molar-refractivity contribution is -0.131. The summed E-state index contributed by atoms with van der Waals surface area (Å²) in [5, 5.41) is 3.80. The molecule has 1 aromatic carbocycles. The predicted octanol–water partition coefficient (Wildman–Crippen LogP) is 2.54. The van der Waals surface area contributed by atoms with Gasteiger partial charge in [0.05, 0.1) is 0 Å². The van der Waals surface area contributed by atoms with Crippen LogP contribution in [0.25, 0.3) is 0 Å². The van der Waals surface area contributed by atoms with E-state index in [0.29, 0.717) is 5.92 Å². The van der Waals surface area contributed by atoms with Crippen molar-refractivity contribution in [2.45, 2.75) is 12.3 Å². The van der Waals surface area contributed by atoms with Gasteiger partial charge in [-0.2, -0.15) is 0 Å². The molecule has 0 aliphatic heterocycles. The summed E-state index contributed by atoms with van der Waals surface area (Å²) in [5.41, 5.74) is 1.18. The molecule has 0 spiro atoms. The van der Waals surface area contributed by atoms with Gasteiger partial charge in [-0.05, 0) is 37.1 Å². The molecule has 0 radical (unpaired) electrons. The quantitative estimate of drug-likeness (QED) is 0.906. The third-order valence-electron chi connectivity index (χ3n) is 3.46. The Morgan fingerprint density at radius 3 is 2.89 bits per heavy atom. The van der Waals surface area contributed by atoms with E-state index in [4.69, 9.17) is 11.6 Å². The molecule has 0 saturated heterocycles. The molecule has 1 amide bonds. The lowest BCUT2D eigenvalue weighted by atomic mass is 10.1. The summed E-state index contributed by atoms with van der Waals surface area (Å²) in [6, 6.07) is 7.83. The molecule has 2 unspecified atom stereocenters. The van der Waals surface area contributed by atoms with Crippen LogP contribution in [0.1, 0.15) is 17.9 Å². The van der Waals surface area contributed by atoms with E-state index in [2.05, 4.69) is 11.4 Å². The second-order valence-corrected chi connectivity index (χ2v) is 5.30. The SMILES string of the molecule is CNCCN(C)C(=O)C1CC1c1cccc(Cl)c1.Cl. The number of carbonyl (C=O) groups is 1. The van der Waals surface area contributed by atoms with Crippen molar-refractivity contribution < 1.29 is 4.79 Å². The summed E-state index contributed by atoms with van der Waals surface area (Å²) in [6.07, 6.45) is 0.947. The minimum atomic E-state index is 0. The second kappa shape index (κ2) is 7.13. The monoisotopic (exact) mass is 302 g/mol. The fourth-order valence-electron chi connectivity index (χ4n) is 2.25. The zero-order valence-corrected chi connectivity index (χ0v) is 12.8. The van der Waals surface area contributed by atoms with Gasteiger partial charge in [0.25, 0.3) is 0 Å². The first kappa shape index (κ1) is 16.3. The van der Waals surface area contributed by atoms with Crippen LogP contribution < -0.4 is 5.32 Å². The Labute approximate surface area is 125 Å². The van der Waals surface area contributed by atoms with Crippen LogP contribution in [0, 0.1) is 5.92 Å². The first-order valence-corrected chi connectivity index (χ1v) is 6.66. The highest BCUT2D eigenvalue weighted by molar-refractivity contribution is 6.30. The Hall–Kier alpha value is -0.770. The van der Waals surface area contributed by atoms with E-state index in [1.54, 1.807) is 0 Å². The molecule has 1 aliphatic rings. The molecule has 1 saturated carbocycles. The zero-order chi connectivity index (χ0) is 13.1. The zero-order valence-electron chi connectivity index (χ0n) is 11.2. The summed E-state index contributed by atoms with van der Waals surface area (Å²) in [7, 11) is 3.76. The van der Waals surface area contributed by atoms with Gasteiger partial charge in [-0.3, -0.25) is 4.79 Å². The normalized spacial score (nSPS) is 20.6. The van der Waals surface area contributed by atoms with Crippen LogP contribution in [0.4, 0.5) is 0 Å². The molecule has 2 rings (SSSR count). The Morgan fingerprint density at radius 1 is 1.53 bits per heavy atom. The van der Waals surface area contributed by atoms with Crippen LogP contribution in [0.15, 0.2) is 24.3 Å². The topological polar surface area (TPSA) is 32.3 Å².